The average molecular weight is 474 g/mol. The molecule has 3 aromatic rings. The van der Waals surface area contributed by atoms with Crippen molar-refractivity contribution in [3.8, 4) is 17.3 Å². The summed E-state index contributed by atoms with van der Waals surface area (Å²) in [5.41, 5.74) is 4.49. The molecule has 1 saturated heterocycles. The Morgan fingerprint density at radius 2 is 2.06 bits per heavy atom. The van der Waals surface area contributed by atoms with Crippen molar-refractivity contribution in [2.45, 2.75) is 31.7 Å². The number of nitriles is 1. The Balaban J connectivity index is 1.40. The Bertz CT molecular complexity index is 1270. The fraction of sp³-hybridized carbons (Fsp3) is 0.308. The van der Waals surface area contributed by atoms with Crippen molar-refractivity contribution >= 4 is 29.1 Å². The highest BCUT2D eigenvalue weighted by Gasteiger charge is 2.29. The second-order valence-corrected chi connectivity index (χ2v) is 8.91. The maximum absolute atomic E-state index is 13.1. The number of aromatic nitrogens is 2. The molecule has 34 heavy (non-hydrogen) atoms. The van der Waals surface area contributed by atoms with Crippen LogP contribution in [0.1, 0.15) is 29.5 Å². The molecule has 2 aliphatic rings. The predicted octanol–water partition coefficient (Wildman–Crippen LogP) is 4.39. The molecular weight excluding hydrogens is 450 g/mol. The van der Waals surface area contributed by atoms with Gasteiger partial charge in [0.15, 0.2) is 0 Å². The highest BCUT2D eigenvalue weighted by molar-refractivity contribution is 6.31. The van der Waals surface area contributed by atoms with Gasteiger partial charge in [-0.05, 0) is 54.7 Å². The van der Waals surface area contributed by atoms with Crippen LogP contribution in [0.5, 0.6) is 0 Å². The molecule has 0 atom stereocenters. The quantitative estimate of drug-likeness (QED) is 0.591. The van der Waals surface area contributed by atoms with Crippen LogP contribution in [0.15, 0.2) is 48.7 Å². The zero-order valence-corrected chi connectivity index (χ0v) is 19.4. The number of rotatable bonds is 5. The van der Waals surface area contributed by atoms with Crippen LogP contribution in [0, 0.1) is 11.3 Å². The van der Waals surface area contributed by atoms with Crippen LogP contribution in [-0.2, 0) is 22.4 Å². The van der Waals surface area contributed by atoms with E-state index in [9.17, 15) is 10.1 Å². The normalized spacial score (nSPS) is 15.6. The number of nitrogens with zero attached hydrogens (tertiary/aromatic N) is 4. The zero-order chi connectivity index (χ0) is 23.5. The fourth-order valence-corrected chi connectivity index (χ4v) is 4.75. The smallest absolute Gasteiger partial charge is 0.231 e. The van der Waals surface area contributed by atoms with Gasteiger partial charge in [0.2, 0.25) is 11.9 Å². The van der Waals surface area contributed by atoms with Crippen molar-refractivity contribution in [3.63, 3.8) is 0 Å². The van der Waals surface area contributed by atoms with E-state index in [-0.39, 0.29) is 18.4 Å². The number of ether oxygens (including phenoxy) is 1. The Labute approximate surface area is 203 Å². The van der Waals surface area contributed by atoms with Gasteiger partial charge < -0.3 is 15.0 Å². The number of fused-ring (bicyclic) bond motifs is 1. The van der Waals surface area contributed by atoms with E-state index in [1.807, 2.05) is 30.3 Å². The molecule has 2 aromatic carbocycles. The van der Waals surface area contributed by atoms with E-state index >= 15 is 0 Å². The van der Waals surface area contributed by atoms with E-state index in [1.54, 1.807) is 23.2 Å². The Kier molecular flexibility index (Phi) is 6.43. The van der Waals surface area contributed by atoms with Crippen LogP contribution >= 0.6 is 11.6 Å². The van der Waals surface area contributed by atoms with Crippen molar-refractivity contribution in [1.29, 1.82) is 5.26 Å². The van der Waals surface area contributed by atoms with Crippen LogP contribution in [0.4, 0.5) is 11.6 Å². The SMILES string of the molecule is N#Cc1cc(-c2ccnc(NC3CCOCC3)n2)cc2c1N(C(=O)Cc1ccccc1Cl)CC2. The van der Waals surface area contributed by atoms with E-state index in [0.717, 1.165) is 48.4 Å². The van der Waals surface area contributed by atoms with E-state index in [2.05, 4.69) is 16.4 Å². The summed E-state index contributed by atoms with van der Waals surface area (Å²) >= 11 is 6.25. The van der Waals surface area contributed by atoms with Crippen molar-refractivity contribution in [1.82, 2.24) is 9.97 Å². The summed E-state index contributed by atoms with van der Waals surface area (Å²) < 4.78 is 5.42. The number of benzene rings is 2. The van der Waals surface area contributed by atoms with Gasteiger partial charge in [0.1, 0.15) is 6.07 Å². The van der Waals surface area contributed by atoms with Gasteiger partial charge in [-0.15, -0.1) is 0 Å². The lowest BCUT2D eigenvalue weighted by Gasteiger charge is -2.23. The molecule has 0 bridgehead atoms. The number of anilines is 2. The average Bonchev–Trinajstić information content (AvgIpc) is 3.30. The molecule has 0 unspecified atom stereocenters. The van der Waals surface area contributed by atoms with Crippen molar-refractivity contribution in [2.24, 2.45) is 0 Å². The van der Waals surface area contributed by atoms with E-state index in [4.69, 9.17) is 21.3 Å². The molecule has 0 spiro atoms. The molecular formula is C26H24ClN5O2. The van der Waals surface area contributed by atoms with Crippen LogP contribution in [0.3, 0.4) is 0 Å². The number of halogens is 1. The van der Waals surface area contributed by atoms with E-state index in [0.29, 0.717) is 35.2 Å². The number of hydrogen-bond donors (Lipinski definition) is 1. The van der Waals surface area contributed by atoms with Crippen LogP contribution in [0.2, 0.25) is 5.02 Å². The molecule has 8 heteroatoms. The van der Waals surface area contributed by atoms with Crippen LogP contribution in [0.25, 0.3) is 11.3 Å². The van der Waals surface area contributed by atoms with Gasteiger partial charge in [0, 0.05) is 42.6 Å². The summed E-state index contributed by atoms with van der Waals surface area (Å²) in [5.74, 6) is 0.501. The summed E-state index contributed by atoms with van der Waals surface area (Å²) in [7, 11) is 0. The minimum atomic E-state index is -0.0684. The van der Waals surface area contributed by atoms with Crippen molar-refractivity contribution < 1.29 is 9.53 Å². The van der Waals surface area contributed by atoms with Gasteiger partial charge in [0.25, 0.3) is 0 Å². The lowest BCUT2D eigenvalue weighted by atomic mass is 10.0. The molecule has 2 aliphatic heterocycles. The number of carbonyl (C=O) groups excluding carboxylic acids is 1. The Morgan fingerprint density at radius 3 is 2.85 bits per heavy atom. The standard InChI is InChI=1S/C26H24ClN5O2/c27-22-4-2-1-3-17(22)15-24(33)32-10-6-18-13-19(14-20(16-28)25(18)32)23-5-9-29-26(31-23)30-21-7-11-34-12-8-21/h1-5,9,13-14,21H,6-8,10-12,15H2,(H,29,30,31). The number of amides is 1. The molecule has 5 rings (SSSR count). The molecule has 3 heterocycles. The first-order valence-corrected chi connectivity index (χ1v) is 11.8. The Hall–Kier alpha value is -3.47. The minimum absolute atomic E-state index is 0.0684. The summed E-state index contributed by atoms with van der Waals surface area (Å²) in [6.07, 6.45) is 4.44. The summed E-state index contributed by atoms with van der Waals surface area (Å²) in [5, 5.41) is 13.9. The van der Waals surface area contributed by atoms with Gasteiger partial charge >= 0.3 is 0 Å². The van der Waals surface area contributed by atoms with Crippen molar-refractivity contribution in [2.75, 3.05) is 30.0 Å². The maximum atomic E-state index is 13.1. The Morgan fingerprint density at radius 1 is 1.24 bits per heavy atom. The van der Waals surface area contributed by atoms with Gasteiger partial charge in [-0.2, -0.15) is 5.26 Å². The molecule has 0 saturated carbocycles. The van der Waals surface area contributed by atoms with E-state index < -0.39 is 0 Å². The molecule has 1 amide bonds. The zero-order valence-electron chi connectivity index (χ0n) is 18.6. The largest absolute Gasteiger partial charge is 0.381 e. The van der Waals surface area contributed by atoms with E-state index in [1.165, 1.54) is 0 Å². The first-order valence-electron chi connectivity index (χ1n) is 11.4. The fourth-order valence-electron chi connectivity index (χ4n) is 4.54. The summed E-state index contributed by atoms with van der Waals surface area (Å²) in [6.45, 7) is 2.01. The first kappa shape index (κ1) is 22.3. The lowest BCUT2D eigenvalue weighted by molar-refractivity contribution is -0.117. The highest BCUT2D eigenvalue weighted by atomic mass is 35.5. The molecule has 1 fully saturated rings. The van der Waals surface area contributed by atoms with Crippen molar-refractivity contribution in [3.05, 3.63) is 70.4 Å². The van der Waals surface area contributed by atoms with Crippen LogP contribution in [-0.4, -0.2) is 41.7 Å². The van der Waals surface area contributed by atoms with Gasteiger partial charge in [-0.1, -0.05) is 29.8 Å². The third kappa shape index (κ3) is 4.60. The number of hydrogen-bond acceptors (Lipinski definition) is 6. The second-order valence-electron chi connectivity index (χ2n) is 8.50. The molecule has 172 valence electrons. The monoisotopic (exact) mass is 473 g/mol. The topological polar surface area (TPSA) is 91.1 Å². The summed E-state index contributed by atoms with van der Waals surface area (Å²) in [6, 6.07) is 15.6. The second kappa shape index (κ2) is 9.80. The molecule has 1 N–H and O–H groups in total. The van der Waals surface area contributed by atoms with Crippen LogP contribution < -0.4 is 10.2 Å². The molecule has 0 radical (unpaired) electrons. The highest BCUT2D eigenvalue weighted by Crippen LogP contribution is 2.36. The number of carbonyl (C=O) groups is 1. The van der Waals surface area contributed by atoms with Gasteiger partial charge in [-0.25, -0.2) is 9.97 Å². The molecule has 0 aliphatic carbocycles. The van der Waals surface area contributed by atoms with Gasteiger partial charge in [0.05, 0.1) is 23.4 Å². The third-order valence-electron chi connectivity index (χ3n) is 6.29. The maximum Gasteiger partial charge on any atom is 0.231 e. The summed E-state index contributed by atoms with van der Waals surface area (Å²) in [4.78, 5) is 23.9. The molecule has 1 aromatic heterocycles. The predicted molar refractivity (Wildman–Crippen MR) is 131 cm³/mol. The minimum Gasteiger partial charge on any atom is -0.381 e. The number of nitrogens with one attached hydrogen (secondary N) is 1. The first-order chi connectivity index (χ1) is 16.6. The van der Waals surface area contributed by atoms with Gasteiger partial charge in [-0.3, -0.25) is 4.79 Å². The molecule has 7 nitrogen and oxygen atoms in total. The third-order valence-corrected chi connectivity index (χ3v) is 6.66. The lowest BCUT2D eigenvalue weighted by Crippen LogP contribution is -2.31.